The van der Waals surface area contributed by atoms with Gasteiger partial charge in [-0.05, 0) is 13.0 Å². The van der Waals surface area contributed by atoms with Gasteiger partial charge in [-0.1, -0.05) is 13.3 Å². The second-order valence-electron chi connectivity index (χ2n) is 4.88. The summed E-state index contributed by atoms with van der Waals surface area (Å²) in [6, 6.07) is 4.35. The molecule has 21 heavy (non-hydrogen) atoms. The average Bonchev–Trinajstić information content (AvgIpc) is 2.36. The number of halogens is 2. The van der Waals surface area contributed by atoms with Crippen molar-refractivity contribution in [2.24, 2.45) is 0 Å². The first-order valence-electron chi connectivity index (χ1n) is 7.03. The monoisotopic (exact) mass is 289 g/mol. The number of unbranched alkanes of at least 4 members (excludes halogenated alkanes) is 1. The standard InChI is InChI=1S/C14H19BF2NO2.Li/c1-2-3-4-18-5-7-19-15(20-8-6-18)12-9-13(16)11-14(17)10-12;/h9-10H,2-8H2,1H3;/q-1;+1. The minimum Gasteiger partial charge on any atom is -0.407 e. The molecular weight excluding hydrogens is 270 g/mol. The molecule has 110 valence electrons. The van der Waals surface area contributed by atoms with Crippen LogP contribution in [0.25, 0.3) is 0 Å². The molecule has 0 N–H and O–H groups in total. The minimum atomic E-state index is -0.737. The molecule has 1 saturated heterocycles. The molecule has 0 amide bonds. The largest absolute Gasteiger partial charge is 1.00 e. The Hall–Kier alpha value is -0.378. The van der Waals surface area contributed by atoms with Gasteiger partial charge in [0.25, 0.3) is 0 Å². The zero-order valence-corrected chi connectivity index (χ0v) is 12.7. The molecular formula is C14H19BF2LiNO2. The summed E-state index contributed by atoms with van der Waals surface area (Å²) in [5, 5.41) is 0. The van der Waals surface area contributed by atoms with Gasteiger partial charge in [0.2, 0.25) is 0 Å². The van der Waals surface area contributed by atoms with Gasteiger partial charge in [0.1, 0.15) is 0 Å². The van der Waals surface area contributed by atoms with Crippen LogP contribution in [0, 0.1) is 17.7 Å². The van der Waals surface area contributed by atoms with E-state index in [-0.39, 0.29) is 18.9 Å². The van der Waals surface area contributed by atoms with Gasteiger partial charge >= 0.3 is 26.0 Å². The summed E-state index contributed by atoms with van der Waals surface area (Å²) in [5.74, 6) is -1.47. The van der Waals surface area contributed by atoms with Gasteiger partial charge in [0.05, 0.1) is 0 Å². The van der Waals surface area contributed by atoms with Crippen LogP contribution in [0.3, 0.4) is 0 Å². The Balaban J connectivity index is 0.00000220. The van der Waals surface area contributed by atoms with Gasteiger partial charge in [-0.15, -0.1) is 23.7 Å². The van der Waals surface area contributed by atoms with Crippen molar-refractivity contribution in [1.29, 1.82) is 0 Å². The van der Waals surface area contributed by atoms with E-state index < -0.39 is 18.8 Å². The third-order valence-electron chi connectivity index (χ3n) is 3.28. The zero-order chi connectivity index (χ0) is 14.4. The molecule has 1 fully saturated rings. The molecule has 1 heterocycles. The van der Waals surface area contributed by atoms with E-state index in [2.05, 4.69) is 11.8 Å². The summed E-state index contributed by atoms with van der Waals surface area (Å²) < 4.78 is 37.5. The molecule has 0 aliphatic carbocycles. The van der Waals surface area contributed by atoms with Gasteiger partial charge in [-0.2, -0.15) is 0 Å². The molecule has 0 aromatic heterocycles. The smallest absolute Gasteiger partial charge is 0.407 e. The molecule has 0 unspecified atom stereocenters. The summed E-state index contributed by atoms with van der Waals surface area (Å²) in [4.78, 5) is 2.28. The average molecular weight is 289 g/mol. The van der Waals surface area contributed by atoms with E-state index in [1.165, 1.54) is 12.1 Å². The Kier molecular flexibility index (Phi) is 8.54. The second-order valence-corrected chi connectivity index (χ2v) is 4.88. The minimum absolute atomic E-state index is 0. The van der Waals surface area contributed by atoms with Crippen molar-refractivity contribution in [3.05, 3.63) is 29.8 Å². The fraction of sp³-hybridized carbons (Fsp3) is 0.571. The maximum atomic E-state index is 13.2. The Bertz CT molecular complexity index is 409. The SMILES string of the molecule is CCCCN1CCOB(c2cc(F)[c-]c(F)c2)OCC1.[Li+]. The van der Waals surface area contributed by atoms with E-state index >= 15 is 0 Å². The maximum Gasteiger partial charge on any atom is 1.00 e. The van der Waals surface area contributed by atoms with Gasteiger partial charge in [-0.25, -0.2) is 8.78 Å². The molecule has 0 atom stereocenters. The van der Waals surface area contributed by atoms with Crippen LogP contribution in [-0.4, -0.2) is 44.9 Å². The maximum absolute atomic E-state index is 13.2. The quantitative estimate of drug-likeness (QED) is 0.503. The van der Waals surface area contributed by atoms with Crippen molar-refractivity contribution in [1.82, 2.24) is 4.90 Å². The van der Waals surface area contributed by atoms with Gasteiger partial charge < -0.3 is 9.31 Å². The van der Waals surface area contributed by atoms with Crippen LogP contribution in [0.4, 0.5) is 8.78 Å². The van der Waals surface area contributed by atoms with Crippen LogP contribution >= 0.6 is 0 Å². The number of rotatable bonds is 4. The van der Waals surface area contributed by atoms with Crippen molar-refractivity contribution < 1.29 is 37.0 Å². The second kappa shape index (κ2) is 9.60. The zero-order valence-electron chi connectivity index (χ0n) is 12.7. The van der Waals surface area contributed by atoms with Crippen LogP contribution in [0.5, 0.6) is 0 Å². The Morgan fingerprint density at radius 3 is 2.29 bits per heavy atom. The number of nitrogens with zero attached hydrogens (tertiary/aromatic N) is 1. The number of benzene rings is 1. The molecule has 2 rings (SSSR count). The third kappa shape index (κ3) is 6.09. The molecule has 3 nitrogen and oxygen atoms in total. The molecule has 0 bridgehead atoms. The van der Waals surface area contributed by atoms with E-state index in [4.69, 9.17) is 9.31 Å². The van der Waals surface area contributed by atoms with Gasteiger partial charge in [-0.3, -0.25) is 4.90 Å². The topological polar surface area (TPSA) is 21.7 Å². The predicted molar refractivity (Wildman–Crippen MR) is 73.8 cm³/mol. The third-order valence-corrected chi connectivity index (χ3v) is 3.28. The molecule has 1 aliphatic heterocycles. The van der Waals surface area contributed by atoms with Gasteiger partial charge in [0.15, 0.2) is 0 Å². The van der Waals surface area contributed by atoms with Crippen LogP contribution in [0.1, 0.15) is 19.8 Å². The first kappa shape index (κ1) is 18.7. The van der Waals surface area contributed by atoms with Gasteiger partial charge in [0, 0.05) is 37.9 Å². The summed E-state index contributed by atoms with van der Waals surface area (Å²) in [5.41, 5.74) is 0.362. The Morgan fingerprint density at radius 2 is 1.76 bits per heavy atom. The molecule has 0 saturated carbocycles. The molecule has 0 radical (unpaired) electrons. The normalized spacial score (nSPS) is 17.0. The van der Waals surface area contributed by atoms with E-state index in [1.807, 2.05) is 6.07 Å². The summed E-state index contributed by atoms with van der Waals surface area (Å²) in [6.07, 6.45) is 2.30. The Morgan fingerprint density at radius 1 is 1.19 bits per heavy atom. The van der Waals surface area contributed by atoms with Crippen LogP contribution in [0.2, 0.25) is 0 Å². The molecule has 7 heteroatoms. The summed E-state index contributed by atoms with van der Waals surface area (Å²) in [6.45, 7) is 5.76. The molecule has 1 aliphatic rings. The van der Waals surface area contributed by atoms with Crippen LogP contribution in [0.15, 0.2) is 12.1 Å². The van der Waals surface area contributed by atoms with Crippen LogP contribution in [-0.2, 0) is 9.31 Å². The first-order chi connectivity index (χ1) is 9.69. The van der Waals surface area contributed by atoms with Crippen molar-refractivity contribution in [3.8, 4) is 0 Å². The first-order valence-corrected chi connectivity index (χ1v) is 7.03. The molecule has 1 aromatic carbocycles. The van der Waals surface area contributed by atoms with E-state index in [0.29, 0.717) is 18.7 Å². The fourth-order valence-electron chi connectivity index (χ4n) is 2.19. The number of hydrogen-bond donors (Lipinski definition) is 0. The van der Waals surface area contributed by atoms with E-state index in [0.717, 1.165) is 32.5 Å². The van der Waals surface area contributed by atoms with Crippen molar-refractivity contribution in [2.45, 2.75) is 19.8 Å². The molecule has 0 spiro atoms. The predicted octanol–water partition coefficient (Wildman–Crippen LogP) is -1.39. The van der Waals surface area contributed by atoms with Crippen LogP contribution < -0.4 is 24.3 Å². The summed E-state index contributed by atoms with van der Waals surface area (Å²) in [7, 11) is -0.707. The van der Waals surface area contributed by atoms with Crippen molar-refractivity contribution in [3.63, 3.8) is 0 Å². The Labute approximate surface area is 137 Å². The van der Waals surface area contributed by atoms with Crippen molar-refractivity contribution >= 4 is 12.6 Å². The fourth-order valence-corrected chi connectivity index (χ4v) is 2.19. The van der Waals surface area contributed by atoms with E-state index in [9.17, 15) is 8.78 Å². The summed E-state index contributed by atoms with van der Waals surface area (Å²) >= 11 is 0. The number of hydrogen-bond acceptors (Lipinski definition) is 3. The van der Waals surface area contributed by atoms with Crippen molar-refractivity contribution in [2.75, 3.05) is 32.8 Å². The molecule has 1 aromatic rings. The van der Waals surface area contributed by atoms with E-state index in [1.54, 1.807) is 0 Å².